The van der Waals surface area contributed by atoms with Gasteiger partial charge >= 0.3 is 5.97 Å². The molecule has 0 heterocycles. The number of nitrogens with zero attached hydrogens (tertiary/aromatic N) is 2. The van der Waals surface area contributed by atoms with Crippen molar-refractivity contribution in [3.05, 3.63) is 0 Å². The number of carbonyl (C=O) groups is 1. The van der Waals surface area contributed by atoms with E-state index in [2.05, 4.69) is 16.7 Å². The van der Waals surface area contributed by atoms with Crippen LogP contribution in [0.5, 0.6) is 0 Å². The van der Waals surface area contributed by atoms with Crippen molar-refractivity contribution in [2.24, 2.45) is 9.98 Å². The van der Waals surface area contributed by atoms with Gasteiger partial charge in [0.25, 0.3) is 0 Å². The first kappa shape index (κ1) is 7.81. The Morgan fingerprint density at radius 2 is 2.33 bits per heavy atom. The average molecular weight is 128 g/mol. The molecule has 0 atom stereocenters. The molecule has 0 aliphatic heterocycles. The summed E-state index contributed by atoms with van der Waals surface area (Å²) in [5.41, 5.74) is 0. The van der Waals surface area contributed by atoms with Crippen molar-refractivity contribution in [3.63, 3.8) is 0 Å². The standard InChI is InChI=1S/C5H8N2O2/c1-4(6-2)7-3-5(8)9/h2-3H2,1H3,(H,8,9). The normalized spacial score (nSPS) is 11.0. The Morgan fingerprint density at radius 1 is 1.78 bits per heavy atom. The van der Waals surface area contributed by atoms with Crippen LogP contribution in [0.1, 0.15) is 6.92 Å². The zero-order valence-corrected chi connectivity index (χ0v) is 5.16. The molecule has 0 bridgehead atoms. The topological polar surface area (TPSA) is 62.0 Å². The fourth-order valence-electron chi connectivity index (χ4n) is 0.232. The molecule has 0 aromatic carbocycles. The molecule has 0 aliphatic carbocycles. The summed E-state index contributed by atoms with van der Waals surface area (Å²) < 4.78 is 0. The molecule has 0 rings (SSSR count). The van der Waals surface area contributed by atoms with Crippen molar-refractivity contribution in [1.82, 2.24) is 0 Å². The van der Waals surface area contributed by atoms with Crippen LogP contribution >= 0.6 is 0 Å². The zero-order chi connectivity index (χ0) is 7.28. The van der Waals surface area contributed by atoms with Crippen LogP contribution in [0.3, 0.4) is 0 Å². The van der Waals surface area contributed by atoms with Gasteiger partial charge in [-0.3, -0.25) is 9.79 Å². The maximum Gasteiger partial charge on any atom is 0.325 e. The van der Waals surface area contributed by atoms with Gasteiger partial charge < -0.3 is 5.11 Å². The van der Waals surface area contributed by atoms with Gasteiger partial charge in [-0.05, 0) is 13.6 Å². The minimum atomic E-state index is -0.960. The van der Waals surface area contributed by atoms with Crippen LogP contribution in [0, 0.1) is 0 Å². The number of hydrogen-bond acceptors (Lipinski definition) is 2. The van der Waals surface area contributed by atoms with Crippen LogP contribution < -0.4 is 0 Å². The van der Waals surface area contributed by atoms with E-state index in [0.717, 1.165) is 0 Å². The first-order chi connectivity index (χ1) is 4.16. The van der Waals surface area contributed by atoms with Gasteiger partial charge in [-0.25, -0.2) is 4.99 Å². The highest BCUT2D eigenvalue weighted by molar-refractivity contribution is 5.85. The summed E-state index contributed by atoms with van der Waals surface area (Å²) in [5, 5.41) is 8.09. The maximum atomic E-state index is 9.85. The van der Waals surface area contributed by atoms with E-state index < -0.39 is 5.97 Å². The van der Waals surface area contributed by atoms with Gasteiger partial charge in [-0.1, -0.05) is 0 Å². The molecule has 4 nitrogen and oxygen atoms in total. The van der Waals surface area contributed by atoms with Crippen molar-refractivity contribution in [3.8, 4) is 0 Å². The molecule has 1 N–H and O–H groups in total. The molecule has 0 aromatic heterocycles. The molecule has 9 heavy (non-hydrogen) atoms. The van der Waals surface area contributed by atoms with Gasteiger partial charge in [0, 0.05) is 0 Å². The van der Waals surface area contributed by atoms with Crippen LogP contribution in [-0.2, 0) is 4.79 Å². The van der Waals surface area contributed by atoms with E-state index in [-0.39, 0.29) is 6.54 Å². The zero-order valence-electron chi connectivity index (χ0n) is 5.16. The van der Waals surface area contributed by atoms with Crippen molar-refractivity contribution >= 4 is 18.5 Å². The molecular weight excluding hydrogens is 120 g/mol. The fourth-order valence-corrected chi connectivity index (χ4v) is 0.232. The summed E-state index contributed by atoms with van der Waals surface area (Å²) in [6.45, 7) is 4.53. The molecule has 0 radical (unpaired) electrons. The van der Waals surface area contributed by atoms with Crippen LogP contribution in [0.25, 0.3) is 0 Å². The minimum Gasteiger partial charge on any atom is -0.480 e. The Balaban J connectivity index is 3.69. The summed E-state index contributed by atoms with van der Waals surface area (Å²) in [6.07, 6.45) is 0. The molecule has 0 amide bonds. The molecule has 0 aliphatic rings. The highest BCUT2D eigenvalue weighted by atomic mass is 16.4. The van der Waals surface area contributed by atoms with Crippen LogP contribution in [0.15, 0.2) is 9.98 Å². The van der Waals surface area contributed by atoms with Crippen LogP contribution in [0.2, 0.25) is 0 Å². The number of aliphatic imine (C=N–C) groups is 2. The lowest BCUT2D eigenvalue weighted by atomic mass is 10.6. The van der Waals surface area contributed by atoms with E-state index in [9.17, 15) is 4.79 Å². The highest BCUT2D eigenvalue weighted by Gasteiger charge is 1.90. The van der Waals surface area contributed by atoms with Crippen LogP contribution in [-0.4, -0.2) is 30.2 Å². The largest absolute Gasteiger partial charge is 0.480 e. The number of rotatable bonds is 2. The Hall–Kier alpha value is -1.19. The smallest absolute Gasteiger partial charge is 0.325 e. The van der Waals surface area contributed by atoms with Crippen LogP contribution in [0.4, 0.5) is 0 Å². The number of carboxylic acids is 1. The van der Waals surface area contributed by atoms with Crippen molar-refractivity contribution in [1.29, 1.82) is 0 Å². The maximum absolute atomic E-state index is 9.85. The average Bonchev–Trinajstić information content (AvgIpc) is 1.83. The van der Waals surface area contributed by atoms with Crippen molar-refractivity contribution in [2.75, 3.05) is 6.54 Å². The Kier molecular flexibility index (Phi) is 3.27. The summed E-state index contributed by atoms with van der Waals surface area (Å²) in [7, 11) is 0. The summed E-state index contributed by atoms with van der Waals surface area (Å²) >= 11 is 0. The predicted molar refractivity (Wildman–Crippen MR) is 35.2 cm³/mol. The molecule has 0 aromatic rings. The van der Waals surface area contributed by atoms with Gasteiger partial charge in [-0.2, -0.15) is 0 Å². The van der Waals surface area contributed by atoms with E-state index in [0.29, 0.717) is 5.84 Å². The van der Waals surface area contributed by atoms with Crippen molar-refractivity contribution in [2.45, 2.75) is 6.92 Å². The second-order valence-electron chi connectivity index (χ2n) is 1.42. The van der Waals surface area contributed by atoms with Gasteiger partial charge in [0.15, 0.2) is 0 Å². The second-order valence-corrected chi connectivity index (χ2v) is 1.42. The summed E-state index contributed by atoms with van der Waals surface area (Å²) in [6, 6.07) is 0. The number of amidine groups is 1. The SMILES string of the molecule is C=NC(C)=NCC(=O)O. The molecule has 0 saturated carbocycles. The lowest BCUT2D eigenvalue weighted by molar-refractivity contribution is -0.135. The highest BCUT2D eigenvalue weighted by Crippen LogP contribution is 1.77. The third-order valence-electron chi connectivity index (χ3n) is 0.672. The molecule has 0 saturated heterocycles. The summed E-state index contributed by atoms with van der Waals surface area (Å²) in [4.78, 5) is 16.8. The lowest BCUT2D eigenvalue weighted by Crippen LogP contribution is -2.01. The summed E-state index contributed by atoms with van der Waals surface area (Å²) in [5.74, 6) is -0.560. The Bertz CT molecular complexity index is 151. The van der Waals surface area contributed by atoms with Gasteiger partial charge in [0.1, 0.15) is 12.4 Å². The molecule has 50 valence electrons. The Morgan fingerprint density at radius 3 is 2.67 bits per heavy atom. The van der Waals surface area contributed by atoms with E-state index in [1.165, 1.54) is 0 Å². The second kappa shape index (κ2) is 3.77. The van der Waals surface area contributed by atoms with Crippen molar-refractivity contribution < 1.29 is 9.90 Å². The molecule has 0 unspecified atom stereocenters. The Labute approximate surface area is 52.9 Å². The van der Waals surface area contributed by atoms with E-state index in [4.69, 9.17) is 5.11 Å². The number of carboxylic acid groups (broad SMARTS) is 1. The molecule has 0 fully saturated rings. The molecule has 0 spiro atoms. The van der Waals surface area contributed by atoms with Gasteiger partial charge in [-0.15, -0.1) is 0 Å². The van der Waals surface area contributed by atoms with Gasteiger partial charge in [0.2, 0.25) is 0 Å². The number of hydrogen-bond donors (Lipinski definition) is 1. The fraction of sp³-hybridized carbons (Fsp3) is 0.400. The first-order valence-corrected chi connectivity index (χ1v) is 2.36. The number of aliphatic carboxylic acids is 1. The quantitative estimate of drug-likeness (QED) is 0.426. The lowest BCUT2D eigenvalue weighted by Gasteiger charge is -1.86. The van der Waals surface area contributed by atoms with E-state index >= 15 is 0 Å². The van der Waals surface area contributed by atoms with E-state index in [1.54, 1.807) is 6.92 Å². The monoisotopic (exact) mass is 128 g/mol. The third kappa shape index (κ3) is 4.67. The molecular formula is C5H8N2O2. The molecule has 4 heteroatoms. The predicted octanol–water partition coefficient (Wildman–Crippen LogP) is 0.190. The third-order valence-corrected chi connectivity index (χ3v) is 0.672. The first-order valence-electron chi connectivity index (χ1n) is 2.36. The minimum absolute atomic E-state index is 0.231. The van der Waals surface area contributed by atoms with Gasteiger partial charge in [0.05, 0.1) is 0 Å². The van der Waals surface area contributed by atoms with E-state index in [1.807, 2.05) is 0 Å².